The molecule has 1 fully saturated rings. The lowest BCUT2D eigenvalue weighted by Gasteiger charge is -1.94. The Hall–Kier alpha value is -1.85. The fourth-order valence-electron chi connectivity index (χ4n) is 1.45. The summed E-state index contributed by atoms with van der Waals surface area (Å²) in [5.74, 6) is 1.09. The van der Waals surface area contributed by atoms with Gasteiger partial charge in [-0.25, -0.2) is 4.98 Å². The average molecular weight is 192 g/mol. The van der Waals surface area contributed by atoms with E-state index in [1.807, 2.05) is 0 Å². The van der Waals surface area contributed by atoms with Crippen LogP contribution in [0.25, 0.3) is 11.0 Å². The van der Waals surface area contributed by atoms with Crippen molar-refractivity contribution < 1.29 is 4.52 Å². The van der Waals surface area contributed by atoms with Crippen molar-refractivity contribution in [3.05, 3.63) is 16.2 Å². The number of rotatable bonds is 1. The van der Waals surface area contributed by atoms with Crippen LogP contribution in [0.3, 0.4) is 0 Å². The summed E-state index contributed by atoms with van der Waals surface area (Å²) in [6, 6.07) is 0. The molecule has 2 aromatic rings. The topological polar surface area (TPSA) is 97.8 Å². The average Bonchev–Trinajstić information content (AvgIpc) is 2.92. The summed E-state index contributed by atoms with van der Waals surface area (Å²) < 4.78 is 4.70. The van der Waals surface area contributed by atoms with E-state index in [0.717, 1.165) is 12.8 Å². The van der Waals surface area contributed by atoms with E-state index in [-0.39, 0.29) is 16.8 Å². The van der Waals surface area contributed by atoms with E-state index in [1.165, 1.54) is 0 Å². The second-order valence-electron chi connectivity index (χ2n) is 3.47. The highest BCUT2D eigenvalue weighted by molar-refractivity contribution is 5.83. The first kappa shape index (κ1) is 7.54. The summed E-state index contributed by atoms with van der Waals surface area (Å²) in [7, 11) is 0. The van der Waals surface area contributed by atoms with E-state index in [9.17, 15) is 4.79 Å². The maximum absolute atomic E-state index is 11.5. The van der Waals surface area contributed by atoms with Crippen molar-refractivity contribution in [1.29, 1.82) is 0 Å². The summed E-state index contributed by atoms with van der Waals surface area (Å²) in [6.07, 6.45) is 2.14. The van der Waals surface area contributed by atoms with Crippen LogP contribution in [0.5, 0.6) is 0 Å². The molecule has 6 heteroatoms. The number of nitrogens with one attached hydrogen (secondary N) is 1. The summed E-state index contributed by atoms with van der Waals surface area (Å²) in [5.41, 5.74) is 5.46. The SMILES string of the molecule is Nc1onc2nc(C3CC3)[nH]c(=O)c12. The minimum Gasteiger partial charge on any atom is -0.367 e. The van der Waals surface area contributed by atoms with Gasteiger partial charge in [-0.3, -0.25) is 4.79 Å². The minimum atomic E-state index is -0.268. The van der Waals surface area contributed by atoms with Crippen molar-refractivity contribution in [3.8, 4) is 0 Å². The Morgan fingerprint density at radius 3 is 3.00 bits per heavy atom. The molecule has 6 nitrogen and oxygen atoms in total. The molecule has 2 heterocycles. The molecule has 72 valence electrons. The Morgan fingerprint density at radius 1 is 1.50 bits per heavy atom. The number of aromatic amines is 1. The molecular formula is C8H8N4O2. The zero-order valence-electron chi connectivity index (χ0n) is 7.28. The van der Waals surface area contributed by atoms with Gasteiger partial charge in [0.05, 0.1) is 0 Å². The summed E-state index contributed by atoms with van der Waals surface area (Å²) in [6.45, 7) is 0. The standard InChI is InChI=1S/C8H8N4O2/c9-5-4-7(12-14-5)10-6(3-1-2-3)11-8(4)13/h3H,1-2,9H2,(H,10,11,12,13). The molecule has 14 heavy (non-hydrogen) atoms. The number of anilines is 1. The van der Waals surface area contributed by atoms with Crippen LogP contribution in [0, 0.1) is 0 Å². The third kappa shape index (κ3) is 0.935. The van der Waals surface area contributed by atoms with Gasteiger partial charge in [0.15, 0.2) is 5.39 Å². The number of H-pyrrole nitrogens is 1. The molecule has 0 saturated heterocycles. The maximum Gasteiger partial charge on any atom is 0.266 e. The molecule has 0 atom stereocenters. The van der Waals surface area contributed by atoms with Gasteiger partial charge in [0, 0.05) is 5.92 Å². The predicted octanol–water partition coefficient (Wildman–Crippen LogP) is 0.371. The predicted molar refractivity (Wildman–Crippen MR) is 48.8 cm³/mol. The van der Waals surface area contributed by atoms with Crippen LogP contribution in [0.1, 0.15) is 24.6 Å². The first-order chi connectivity index (χ1) is 6.75. The van der Waals surface area contributed by atoms with Crippen molar-refractivity contribution in [2.75, 3.05) is 5.73 Å². The van der Waals surface area contributed by atoms with Crippen LogP contribution in [-0.4, -0.2) is 15.1 Å². The van der Waals surface area contributed by atoms with E-state index < -0.39 is 0 Å². The Kier molecular flexibility index (Phi) is 1.26. The molecule has 3 rings (SSSR count). The van der Waals surface area contributed by atoms with Gasteiger partial charge in [-0.2, -0.15) is 0 Å². The zero-order valence-corrected chi connectivity index (χ0v) is 7.28. The van der Waals surface area contributed by atoms with Crippen LogP contribution < -0.4 is 11.3 Å². The van der Waals surface area contributed by atoms with E-state index in [4.69, 9.17) is 10.3 Å². The van der Waals surface area contributed by atoms with E-state index >= 15 is 0 Å². The third-order valence-corrected chi connectivity index (χ3v) is 2.36. The first-order valence-corrected chi connectivity index (χ1v) is 4.41. The zero-order chi connectivity index (χ0) is 9.71. The molecule has 0 radical (unpaired) electrons. The van der Waals surface area contributed by atoms with Crippen molar-refractivity contribution in [3.63, 3.8) is 0 Å². The normalized spacial score (nSPS) is 16.3. The first-order valence-electron chi connectivity index (χ1n) is 4.41. The molecule has 0 unspecified atom stereocenters. The lowest BCUT2D eigenvalue weighted by atomic mass is 10.3. The molecule has 0 amide bonds. The van der Waals surface area contributed by atoms with Crippen LogP contribution in [0.2, 0.25) is 0 Å². The Labute approximate surface area is 78.1 Å². The van der Waals surface area contributed by atoms with Crippen LogP contribution in [0.15, 0.2) is 9.32 Å². The van der Waals surface area contributed by atoms with Crippen molar-refractivity contribution >= 4 is 16.9 Å². The second kappa shape index (κ2) is 2.34. The molecule has 0 spiro atoms. The van der Waals surface area contributed by atoms with Gasteiger partial charge >= 0.3 is 0 Å². The number of aromatic nitrogens is 3. The Morgan fingerprint density at radius 2 is 2.29 bits per heavy atom. The summed E-state index contributed by atoms with van der Waals surface area (Å²) >= 11 is 0. The number of nitrogen functional groups attached to an aromatic ring is 1. The molecule has 3 N–H and O–H groups in total. The number of fused-ring (bicyclic) bond motifs is 1. The molecule has 2 aromatic heterocycles. The smallest absolute Gasteiger partial charge is 0.266 e. The van der Waals surface area contributed by atoms with Gasteiger partial charge < -0.3 is 15.2 Å². The lowest BCUT2D eigenvalue weighted by molar-refractivity contribution is 0.443. The molecule has 0 bridgehead atoms. The van der Waals surface area contributed by atoms with Gasteiger partial charge in [0.1, 0.15) is 5.82 Å². The van der Waals surface area contributed by atoms with Gasteiger partial charge in [-0.1, -0.05) is 5.16 Å². The van der Waals surface area contributed by atoms with Gasteiger partial charge in [0.25, 0.3) is 5.56 Å². The molecule has 1 saturated carbocycles. The number of nitrogens with two attached hydrogens (primary N) is 1. The van der Waals surface area contributed by atoms with Gasteiger partial charge in [-0.05, 0) is 12.8 Å². The highest BCUT2D eigenvalue weighted by atomic mass is 16.5. The molecule has 0 aromatic carbocycles. The van der Waals surface area contributed by atoms with Gasteiger partial charge in [0.2, 0.25) is 11.5 Å². The molecule has 1 aliphatic rings. The monoisotopic (exact) mass is 192 g/mol. The largest absolute Gasteiger partial charge is 0.367 e. The molecular weight excluding hydrogens is 184 g/mol. The Bertz CT molecular complexity index is 552. The van der Waals surface area contributed by atoms with Crippen molar-refractivity contribution in [1.82, 2.24) is 15.1 Å². The van der Waals surface area contributed by atoms with Crippen LogP contribution in [0.4, 0.5) is 5.88 Å². The second-order valence-corrected chi connectivity index (χ2v) is 3.47. The van der Waals surface area contributed by atoms with E-state index in [2.05, 4.69) is 15.1 Å². The molecule has 0 aliphatic heterocycles. The van der Waals surface area contributed by atoms with Crippen molar-refractivity contribution in [2.24, 2.45) is 0 Å². The van der Waals surface area contributed by atoms with Crippen molar-refractivity contribution in [2.45, 2.75) is 18.8 Å². The van der Waals surface area contributed by atoms with Crippen LogP contribution in [-0.2, 0) is 0 Å². The minimum absolute atomic E-state index is 0.0242. The number of nitrogens with zero attached hydrogens (tertiary/aromatic N) is 2. The highest BCUT2D eigenvalue weighted by Crippen LogP contribution is 2.37. The quantitative estimate of drug-likeness (QED) is 0.680. The number of hydrogen-bond acceptors (Lipinski definition) is 5. The molecule has 1 aliphatic carbocycles. The van der Waals surface area contributed by atoms with E-state index in [1.54, 1.807) is 0 Å². The summed E-state index contributed by atoms with van der Waals surface area (Å²) in [5, 5.41) is 3.86. The third-order valence-electron chi connectivity index (χ3n) is 2.36. The highest BCUT2D eigenvalue weighted by Gasteiger charge is 2.27. The van der Waals surface area contributed by atoms with Gasteiger partial charge in [-0.15, -0.1) is 0 Å². The summed E-state index contributed by atoms with van der Waals surface area (Å²) in [4.78, 5) is 18.4. The maximum atomic E-state index is 11.5. The Balaban J connectivity index is 2.34. The van der Waals surface area contributed by atoms with Crippen LogP contribution >= 0.6 is 0 Å². The lowest BCUT2D eigenvalue weighted by Crippen LogP contribution is -2.11. The number of hydrogen-bond donors (Lipinski definition) is 2. The fourth-order valence-corrected chi connectivity index (χ4v) is 1.45. The van der Waals surface area contributed by atoms with E-state index in [0.29, 0.717) is 17.4 Å². The fraction of sp³-hybridized carbons (Fsp3) is 0.375.